The van der Waals surface area contributed by atoms with Crippen LogP contribution in [-0.4, -0.2) is 10.1 Å². The van der Waals surface area contributed by atoms with Gasteiger partial charge in [0.1, 0.15) is 0 Å². The van der Waals surface area contributed by atoms with Gasteiger partial charge in [0.2, 0.25) is 0 Å². The SMILES string of the molecule is CC(=O)C=C(c1ccccc1)c1ccccc1.ClC(Cl)Cl. The zero-order valence-corrected chi connectivity index (χ0v) is 13.7. The average Bonchev–Trinajstić information content (AvgIpc) is 2.46. The number of allylic oxidation sites excluding steroid dienone is 1. The highest BCUT2D eigenvalue weighted by molar-refractivity contribution is 6.63. The van der Waals surface area contributed by atoms with Crippen LogP contribution in [0, 0.1) is 0 Å². The highest BCUT2D eigenvalue weighted by Crippen LogP contribution is 2.22. The third-order valence-electron chi connectivity index (χ3n) is 2.52. The minimum atomic E-state index is -0.750. The summed E-state index contributed by atoms with van der Waals surface area (Å²) in [6, 6.07) is 19.9. The van der Waals surface area contributed by atoms with E-state index in [2.05, 4.69) is 0 Å². The van der Waals surface area contributed by atoms with Gasteiger partial charge in [0.15, 0.2) is 10.1 Å². The third-order valence-corrected chi connectivity index (χ3v) is 2.52. The number of rotatable bonds is 3. The molecule has 0 saturated carbocycles. The zero-order chi connectivity index (χ0) is 15.7. The monoisotopic (exact) mass is 340 g/mol. The second-order valence-electron chi connectivity index (χ2n) is 4.15. The Labute approximate surface area is 140 Å². The second-order valence-corrected chi connectivity index (χ2v) is 6.13. The van der Waals surface area contributed by atoms with Crippen molar-refractivity contribution in [3.05, 3.63) is 77.9 Å². The van der Waals surface area contributed by atoms with Crippen molar-refractivity contribution in [2.24, 2.45) is 0 Å². The molecule has 0 aromatic heterocycles. The van der Waals surface area contributed by atoms with Crippen molar-refractivity contribution >= 4 is 46.2 Å². The van der Waals surface area contributed by atoms with Crippen LogP contribution in [0.4, 0.5) is 0 Å². The molecule has 21 heavy (non-hydrogen) atoms. The summed E-state index contributed by atoms with van der Waals surface area (Å²) in [5.41, 5.74) is 3.10. The largest absolute Gasteiger partial charge is 0.295 e. The van der Waals surface area contributed by atoms with Crippen LogP contribution >= 0.6 is 34.8 Å². The molecule has 0 heterocycles. The van der Waals surface area contributed by atoms with Gasteiger partial charge in [-0.3, -0.25) is 4.79 Å². The smallest absolute Gasteiger partial charge is 0.180 e. The number of carbonyl (C=O) groups excluding carboxylic acids is 1. The van der Waals surface area contributed by atoms with Gasteiger partial charge in [-0.15, -0.1) is 0 Å². The van der Waals surface area contributed by atoms with Crippen LogP contribution in [0.1, 0.15) is 18.1 Å². The van der Waals surface area contributed by atoms with Crippen molar-refractivity contribution in [3.63, 3.8) is 0 Å². The Bertz CT molecular complexity index is 533. The molecule has 0 aliphatic rings. The molecule has 0 N–H and O–H groups in total. The Morgan fingerprint density at radius 1 is 0.857 bits per heavy atom. The minimum absolute atomic E-state index is 0.0627. The number of hydrogen-bond donors (Lipinski definition) is 0. The molecule has 0 radical (unpaired) electrons. The number of halogens is 3. The van der Waals surface area contributed by atoms with Crippen LogP contribution in [0.5, 0.6) is 0 Å². The van der Waals surface area contributed by atoms with Crippen molar-refractivity contribution in [1.82, 2.24) is 0 Å². The molecule has 0 fully saturated rings. The molecule has 0 unspecified atom stereocenters. The first-order valence-corrected chi connectivity index (χ1v) is 7.57. The lowest BCUT2D eigenvalue weighted by molar-refractivity contribution is -0.112. The van der Waals surface area contributed by atoms with Gasteiger partial charge in [-0.05, 0) is 29.7 Å². The van der Waals surface area contributed by atoms with E-state index in [-0.39, 0.29) is 5.78 Å². The molecule has 4 heteroatoms. The molecular formula is C17H15Cl3O. The number of benzene rings is 2. The molecule has 0 amide bonds. The maximum absolute atomic E-state index is 11.3. The van der Waals surface area contributed by atoms with Gasteiger partial charge < -0.3 is 0 Å². The first-order valence-electron chi connectivity index (χ1n) is 6.26. The van der Waals surface area contributed by atoms with Crippen molar-refractivity contribution in [2.45, 2.75) is 11.2 Å². The maximum atomic E-state index is 11.3. The number of hydrogen-bond acceptors (Lipinski definition) is 1. The van der Waals surface area contributed by atoms with Crippen LogP contribution in [0.25, 0.3) is 5.57 Å². The fraction of sp³-hybridized carbons (Fsp3) is 0.118. The maximum Gasteiger partial charge on any atom is 0.180 e. The number of alkyl halides is 3. The van der Waals surface area contributed by atoms with Crippen LogP contribution in [0.15, 0.2) is 66.7 Å². The summed E-state index contributed by atoms with van der Waals surface area (Å²) in [7, 11) is 0. The summed E-state index contributed by atoms with van der Waals surface area (Å²) in [6.45, 7) is 1.58. The highest BCUT2D eigenvalue weighted by atomic mass is 35.6. The quantitative estimate of drug-likeness (QED) is 0.517. The van der Waals surface area contributed by atoms with E-state index in [1.54, 1.807) is 13.0 Å². The fourth-order valence-electron chi connectivity index (χ4n) is 1.77. The van der Waals surface area contributed by atoms with Crippen molar-refractivity contribution in [2.75, 3.05) is 0 Å². The Morgan fingerprint density at radius 2 is 1.19 bits per heavy atom. The number of ketones is 1. The van der Waals surface area contributed by atoms with E-state index < -0.39 is 4.30 Å². The predicted molar refractivity (Wildman–Crippen MR) is 92.0 cm³/mol. The third kappa shape index (κ3) is 7.33. The lowest BCUT2D eigenvalue weighted by atomic mass is 9.97. The van der Waals surface area contributed by atoms with Gasteiger partial charge in [-0.25, -0.2) is 0 Å². The fourth-order valence-corrected chi connectivity index (χ4v) is 1.77. The first-order chi connectivity index (χ1) is 10.0. The molecule has 0 spiro atoms. The summed E-state index contributed by atoms with van der Waals surface area (Å²) in [5, 5.41) is 0. The van der Waals surface area contributed by atoms with Crippen LogP contribution < -0.4 is 0 Å². The van der Waals surface area contributed by atoms with Crippen LogP contribution in [0.3, 0.4) is 0 Å². The highest BCUT2D eigenvalue weighted by Gasteiger charge is 2.04. The lowest BCUT2D eigenvalue weighted by Crippen LogP contribution is -1.91. The Balaban J connectivity index is 0.000000491. The molecule has 0 atom stereocenters. The predicted octanol–water partition coefficient (Wildman–Crippen LogP) is 5.69. The summed E-state index contributed by atoms with van der Waals surface area (Å²) in [5.74, 6) is 0.0627. The molecule has 0 saturated heterocycles. The van der Waals surface area contributed by atoms with E-state index in [9.17, 15) is 4.79 Å². The first kappa shape index (κ1) is 17.8. The van der Waals surface area contributed by atoms with Gasteiger partial charge >= 0.3 is 0 Å². The summed E-state index contributed by atoms with van der Waals surface area (Å²) >= 11 is 14.4. The van der Waals surface area contributed by atoms with Crippen LogP contribution in [0.2, 0.25) is 0 Å². The van der Waals surface area contributed by atoms with Gasteiger partial charge in [-0.2, -0.15) is 0 Å². The van der Waals surface area contributed by atoms with E-state index in [1.165, 1.54) is 0 Å². The molecule has 1 nitrogen and oxygen atoms in total. The molecule has 2 aromatic carbocycles. The molecule has 2 rings (SSSR count). The average molecular weight is 342 g/mol. The van der Waals surface area contributed by atoms with E-state index >= 15 is 0 Å². The summed E-state index contributed by atoms with van der Waals surface area (Å²) in [6.07, 6.45) is 1.69. The number of carbonyl (C=O) groups is 1. The summed E-state index contributed by atoms with van der Waals surface area (Å²) < 4.78 is -0.750. The molecule has 2 aromatic rings. The van der Waals surface area contributed by atoms with Gasteiger partial charge in [0, 0.05) is 0 Å². The molecule has 0 bridgehead atoms. The van der Waals surface area contributed by atoms with Crippen molar-refractivity contribution in [3.8, 4) is 0 Å². The zero-order valence-electron chi connectivity index (χ0n) is 11.5. The Hall–Kier alpha value is -1.28. The van der Waals surface area contributed by atoms with Crippen molar-refractivity contribution in [1.29, 1.82) is 0 Å². The second kappa shape index (κ2) is 9.62. The van der Waals surface area contributed by atoms with Gasteiger partial charge in [0.25, 0.3) is 0 Å². The summed E-state index contributed by atoms with van der Waals surface area (Å²) in [4.78, 5) is 11.3. The molecular weight excluding hydrogens is 327 g/mol. The van der Waals surface area contributed by atoms with Crippen molar-refractivity contribution < 1.29 is 4.79 Å². The van der Waals surface area contributed by atoms with E-state index in [0.29, 0.717) is 0 Å². The minimum Gasteiger partial charge on any atom is -0.295 e. The lowest BCUT2D eigenvalue weighted by Gasteiger charge is -2.07. The topological polar surface area (TPSA) is 17.1 Å². The van der Waals surface area contributed by atoms with E-state index in [0.717, 1.165) is 16.7 Å². The van der Waals surface area contributed by atoms with Gasteiger partial charge in [-0.1, -0.05) is 95.5 Å². The van der Waals surface area contributed by atoms with Gasteiger partial charge in [0.05, 0.1) is 0 Å². The Morgan fingerprint density at radius 3 is 1.48 bits per heavy atom. The molecule has 110 valence electrons. The Kier molecular flexibility index (Phi) is 8.14. The van der Waals surface area contributed by atoms with E-state index in [1.807, 2.05) is 60.7 Å². The van der Waals surface area contributed by atoms with E-state index in [4.69, 9.17) is 34.8 Å². The standard InChI is InChI=1S/C16H14O.CHCl3/c1-13(17)12-16(14-8-4-2-5-9-14)15-10-6-3-7-11-15;2-1(3)4/h2-12H,1H3;1H. The molecule has 0 aliphatic carbocycles. The van der Waals surface area contributed by atoms with Crippen LogP contribution in [-0.2, 0) is 4.79 Å². The molecule has 0 aliphatic heterocycles. The normalized spacial score (nSPS) is 9.57.